The summed E-state index contributed by atoms with van der Waals surface area (Å²) >= 11 is 0. The molecule has 1 atom stereocenters. The van der Waals surface area contributed by atoms with Crippen molar-refractivity contribution in [1.82, 2.24) is 24.9 Å². The van der Waals surface area contributed by atoms with Crippen molar-refractivity contribution in [3.05, 3.63) is 222 Å². The lowest BCUT2D eigenvalue weighted by Gasteiger charge is -2.30. The number of aromatic nitrogens is 5. The Morgan fingerprint density at radius 2 is 0.678 bits per heavy atom. The standard InChI is InChI=1S/C54H33N5/c1-4-18-34(19-5-1)49-39-26-12-15-33-46(39)55-52(56-49)40-27-16-31-44-47(40)37-24-10-13-29-42(37)54(44)43-30-14-11-25-38(43)48-41(28-17-32-45(48)54)53-58-50(35-20-6-2-7-21-35)57-51(59-53)36-22-8-3-9-23-36/h1-33H. The average Bonchev–Trinajstić information content (AvgIpc) is 3.80. The van der Waals surface area contributed by atoms with E-state index in [0.717, 1.165) is 55.5 Å². The normalized spacial score (nSPS) is 14.5. The van der Waals surface area contributed by atoms with Crippen LogP contribution in [0.5, 0.6) is 0 Å². The first kappa shape index (κ1) is 33.3. The Bertz CT molecular complexity index is 3210. The molecule has 0 bridgehead atoms. The van der Waals surface area contributed by atoms with Crippen LogP contribution < -0.4 is 0 Å². The minimum atomic E-state index is -0.611. The lowest BCUT2D eigenvalue weighted by Crippen LogP contribution is -2.25. The third kappa shape index (κ3) is 4.95. The van der Waals surface area contributed by atoms with E-state index in [2.05, 4.69) is 158 Å². The molecule has 8 aromatic carbocycles. The van der Waals surface area contributed by atoms with Gasteiger partial charge in [-0.3, -0.25) is 0 Å². The topological polar surface area (TPSA) is 64.5 Å². The Labute approximate surface area is 341 Å². The summed E-state index contributed by atoms with van der Waals surface area (Å²) in [6.07, 6.45) is 0. The summed E-state index contributed by atoms with van der Waals surface area (Å²) in [5, 5.41) is 1.03. The van der Waals surface area contributed by atoms with Crippen molar-refractivity contribution in [3.8, 4) is 79.1 Å². The van der Waals surface area contributed by atoms with E-state index < -0.39 is 5.41 Å². The van der Waals surface area contributed by atoms with Crippen LogP contribution in [-0.4, -0.2) is 24.9 Å². The van der Waals surface area contributed by atoms with Gasteiger partial charge < -0.3 is 0 Å². The highest BCUT2D eigenvalue weighted by Crippen LogP contribution is 2.65. The van der Waals surface area contributed by atoms with Crippen LogP contribution in [0.15, 0.2) is 200 Å². The summed E-state index contributed by atoms with van der Waals surface area (Å²) in [5.74, 6) is 2.62. The zero-order valence-corrected chi connectivity index (χ0v) is 31.8. The molecule has 5 nitrogen and oxygen atoms in total. The lowest BCUT2D eigenvalue weighted by atomic mass is 9.70. The van der Waals surface area contributed by atoms with Gasteiger partial charge in [0.15, 0.2) is 23.3 Å². The first-order valence-electron chi connectivity index (χ1n) is 19.9. The van der Waals surface area contributed by atoms with Crippen LogP contribution in [0.3, 0.4) is 0 Å². The molecule has 0 fully saturated rings. The van der Waals surface area contributed by atoms with E-state index in [4.69, 9.17) is 24.9 Å². The van der Waals surface area contributed by atoms with Crippen molar-refractivity contribution in [2.45, 2.75) is 5.41 Å². The molecule has 1 unspecified atom stereocenters. The summed E-state index contributed by atoms with van der Waals surface area (Å²) < 4.78 is 0. The number of nitrogens with zero attached hydrogens (tertiary/aromatic N) is 5. The van der Waals surface area contributed by atoms with Gasteiger partial charge in [-0.25, -0.2) is 24.9 Å². The first-order chi connectivity index (χ1) is 29.3. The second-order valence-corrected chi connectivity index (χ2v) is 15.1. The van der Waals surface area contributed by atoms with Gasteiger partial charge in [0, 0.05) is 33.2 Å². The molecule has 5 heteroatoms. The zero-order valence-electron chi connectivity index (χ0n) is 31.8. The number of benzene rings is 8. The summed E-state index contributed by atoms with van der Waals surface area (Å²) in [4.78, 5) is 26.1. The molecule has 2 aromatic heterocycles. The zero-order chi connectivity index (χ0) is 38.9. The van der Waals surface area contributed by atoms with E-state index in [9.17, 15) is 0 Å². The SMILES string of the molecule is c1ccc(-c2nc(-c3ccccc3)nc(-c3cccc4c3-c3ccccc3C43c4ccccc4-c4c(-c5nc(-c6ccccc6)c6ccccc6n5)cccc43)n2)cc1. The molecule has 1 spiro atoms. The molecule has 10 aromatic rings. The van der Waals surface area contributed by atoms with Crippen molar-refractivity contribution in [2.75, 3.05) is 0 Å². The highest BCUT2D eigenvalue weighted by atomic mass is 15.0. The van der Waals surface area contributed by atoms with Gasteiger partial charge in [0.25, 0.3) is 0 Å². The number of rotatable bonds is 5. The van der Waals surface area contributed by atoms with Crippen molar-refractivity contribution < 1.29 is 0 Å². The monoisotopic (exact) mass is 751 g/mol. The summed E-state index contributed by atoms with van der Waals surface area (Å²) in [6.45, 7) is 0. The van der Waals surface area contributed by atoms with Crippen molar-refractivity contribution in [3.63, 3.8) is 0 Å². The fraction of sp³-hybridized carbons (Fsp3) is 0.0185. The van der Waals surface area contributed by atoms with E-state index in [1.54, 1.807) is 0 Å². The van der Waals surface area contributed by atoms with Crippen molar-refractivity contribution in [1.29, 1.82) is 0 Å². The van der Waals surface area contributed by atoms with Crippen LogP contribution in [0.25, 0.3) is 90.0 Å². The van der Waals surface area contributed by atoms with Gasteiger partial charge in [-0.15, -0.1) is 0 Å². The molecule has 0 saturated heterocycles. The van der Waals surface area contributed by atoms with Gasteiger partial charge in [0.1, 0.15) is 0 Å². The molecule has 2 aliphatic carbocycles. The van der Waals surface area contributed by atoms with Crippen LogP contribution >= 0.6 is 0 Å². The second-order valence-electron chi connectivity index (χ2n) is 15.1. The second kappa shape index (κ2) is 13.1. The van der Waals surface area contributed by atoms with Gasteiger partial charge in [0.05, 0.1) is 16.6 Å². The Hall–Kier alpha value is -7.89. The van der Waals surface area contributed by atoms with E-state index in [1.165, 1.54) is 33.4 Å². The predicted molar refractivity (Wildman–Crippen MR) is 236 cm³/mol. The molecule has 0 radical (unpaired) electrons. The number of fused-ring (bicyclic) bond motifs is 11. The Kier molecular flexibility index (Phi) is 7.38. The van der Waals surface area contributed by atoms with Gasteiger partial charge in [-0.05, 0) is 50.6 Å². The van der Waals surface area contributed by atoms with Crippen molar-refractivity contribution >= 4 is 10.9 Å². The Morgan fingerprint density at radius 1 is 0.271 bits per heavy atom. The predicted octanol–water partition coefficient (Wildman–Crippen LogP) is 12.5. The molecule has 2 aliphatic rings. The van der Waals surface area contributed by atoms with E-state index in [1.807, 2.05) is 42.5 Å². The van der Waals surface area contributed by atoms with Gasteiger partial charge >= 0.3 is 0 Å². The maximum absolute atomic E-state index is 5.38. The Balaban J connectivity index is 1.13. The average molecular weight is 752 g/mol. The van der Waals surface area contributed by atoms with Crippen LogP contribution in [0, 0.1) is 0 Å². The van der Waals surface area contributed by atoms with E-state index in [-0.39, 0.29) is 0 Å². The minimum Gasteiger partial charge on any atom is -0.228 e. The van der Waals surface area contributed by atoms with Gasteiger partial charge in [-0.2, -0.15) is 0 Å². The smallest absolute Gasteiger partial charge is 0.164 e. The fourth-order valence-corrected chi connectivity index (χ4v) is 9.55. The van der Waals surface area contributed by atoms with Crippen LogP contribution in [-0.2, 0) is 5.41 Å². The number of para-hydroxylation sites is 1. The third-order valence-corrected chi connectivity index (χ3v) is 12.0. The highest BCUT2D eigenvalue weighted by Gasteiger charge is 2.53. The lowest BCUT2D eigenvalue weighted by molar-refractivity contribution is 0.794. The quantitative estimate of drug-likeness (QED) is 0.175. The molecule has 59 heavy (non-hydrogen) atoms. The highest BCUT2D eigenvalue weighted by molar-refractivity contribution is 6.03. The maximum Gasteiger partial charge on any atom is 0.164 e. The van der Waals surface area contributed by atoms with Crippen molar-refractivity contribution in [2.24, 2.45) is 0 Å². The van der Waals surface area contributed by atoms with Crippen LogP contribution in [0.4, 0.5) is 0 Å². The molecule has 2 heterocycles. The van der Waals surface area contributed by atoms with Crippen LogP contribution in [0.2, 0.25) is 0 Å². The summed E-state index contributed by atoms with van der Waals surface area (Å²) in [5.41, 5.74) is 15.7. The first-order valence-corrected chi connectivity index (χ1v) is 19.9. The maximum atomic E-state index is 5.38. The Morgan fingerprint density at radius 3 is 1.24 bits per heavy atom. The molecule has 0 N–H and O–H groups in total. The minimum absolute atomic E-state index is 0.611. The van der Waals surface area contributed by atoms with E-state index >= 15 is 0 Å². The van der Waals surface area contributed by atoms with E-state index in [0.29, 0.717) is 23.3 Å². The van der Waals surface area contributed by atoms with Gasteiger partial charge in [-0.1, -0.05) is 194 Å². The molecule has 0 aliphatic heterocycles. The molecule has 0 amide bonds. The molecular formula is C54H33N5. The molecule has 0 saturated carbocycles. The number of hydrogen-bond donors (Lipinski definition) is 0. The fourth-order valence-electron chi connectivity index (χ4n) is 9.55. The molecular weight excluding hydrogens is 719 g/mol. The number of hydrogen-bond acceptors (Lipinski definition) is 5. The molecule has 274 valence electrons. The third-order valence-electron chi connectivity index (χ3n) is 12.0. The molecule has 12 rings (SSSR count). The van der Waals surface area contributed by atoms with Gasteiger partial charge in [0.2, 0.25) is 0 Å². The largest absolute Gasteiger partial charge is 0.228 e. The van der Waals surface area contributed by atoms with Crippen LogP contribution in [0.1, 0.15) is 22.3 Å². The summed E-state index contributed by atoms with van der Waals surface area (Å²) in [7, 11) is 0. The summed E-state index contributed by atoms with van der Waals surface area (Å²) in [6, 6.07) is 70.1.